The van der Waals surface area contributed by atoms with E-state index in [1.54, 1.807) is 18.3 Å². The number of thiazole rings is 1. The van der Waals surface area contributed by atoms with Gasteiger partial charge in [-0.15, -0.1) is 11.3 Å². The number of aromatic hydroxyl groups is 2. The van der Waals surface area contributed by atoms with Gasteiger partial charge in [0.05, 0.1) is 21.7 Å². The van der Waals surface area contributed by atoms with Crippen molar-refractivity contribution in [2.24, 2.45) is 5.10 Å². The first-order valence-electron chi connectivity index (χ1n) is 7.40. The summed E-state index contributed by atoms with van der Waals surface area (Å²) in [6, 6.07) is 12.0. The molecule has 128 valence electrons. The highest BCUT2D eigenvalue weighted by Gasteiger charge is 2.16. The van der Waals surface area contributed by atoms with Crippen molar-refractivity contribution < 1.29 is 15.0 Å². The lowest BCUT2D eigenvalue weighted by atomic mass is 10.2. The molecular weight excluding hydrogens is 358 g/mol. The van der Waals surface area contributed by atoms with E-state index in [0.717, 1.165) is 14.6 Å². The van der Waals surface area contributed by atoms with Crippen LogP contribution in [0.1, 0.15) is 12.5 Å². The summed E-state index contributed by atoms with van der Waals surface area (Å²) in [6.45, 7) is 1.78. The van der Waals surface area contributed by atoms with Crippen LogP contribution < -0.4 is 5.43 Å². The van der Waals surface area contributed by atoms with Gasteiger partial charge in [-0.3, -0.25) is 4.79 Å². The molecule has 0 bridgehead atoms. The fourth-order valence-corrected chi connectivity index (χ4v) is 4.21. The number of hydrogen-bond donors (Lipinski definition) is 3. The number of amides is 1. The number of aromatic nitrogens is 1. The van der Waals surface area contributed by atoms with Crippen molar-refractivity contribution in [3.05, 3.63) is 48.0 Å². The lowest BCUT2D eigenvalue weighted by Gasteiger charge is -2.06. The molecule has 0 radical (unpaired) electrons. The third-order valence-corrected chi connectivity index (χ3v) is 5.54. The van der Waals surface area contributed by atoms with Crippen LogP contribution in [0.4, 0.5) is 0 Å². The molecule has 1 unspecified atom stereocenters. The standard InChI is InChI=1S/C17H15N3O3S2/c1-10(24-17-19-13-4-2-3-5-15(13)25-17)16(23)20-18-9-11-6-7-12(21)8-14(11)22/h2-10,21-22H,1H3,(H,20,23). The van der Waals surface area contributed by atoms with Crippen molar-refractivity contribution in [2.45, 2.75) is 16.5 Å². The molecule has 3 N–H and O–H groups in total. The molecule has 0 aliphatic heterocycles. The number of rotatable bonds is 5. The second kappa shape index (κ2) is 7.54. The molecule has 0 saturated carbocycles. The molecule has 1 heterocycles. The maximum Gasteiger partial charge on any atom is 0.253 e. The first-order valence-corrected chi connectivity index (χ1v) is 9.09. The third-order valence-electron chi connectivity index (χ3n) is 3.31. The summed E-state index contributed by atoms with van der Waals surface area (Å²) in [6.07, 6.45) is 1.32. The Balaban J connectivity index is 1.59. The van der Waals surface area contributed by atoms with Crippen LogP contribution in [0.25, 0.3) is 10.2 Å². The minimum atomic E-state index is -0.369. The predicted octanol–water partition coefficient (Wildman–Crippen LogP) is 3.34. The molecule has 2 aromatic carbocycles. The molecule has 1 amide bonds. The second-order valence-corrected chi connectivity index (χ2v) is 7.80. The quantitative estimate of drug-likeness (QED) is 0.362. The molecule has 0 aliphatic carbocycles. The Labute approximate surface area is 152 Å². The molecule has 0 saturated heterocycles. The van der Waals surface area contributed by atoms with Gasteiger partial charge in [-0.05, 0) is 31.2 Å². The normalized spacial score (nSPS) is 12.5. The number of carbonyl (C=O) groups excluding carboxylic acids is 1. The number of hydrazone groups is 1. The fourth-order valence-electron chi connectivity index (χ4n) is 2.00. The van der Waals surface area contributed by atoms with E-state index in [1.807, 2.05) is 24.3 Å². The first-order chi connectivity index (χ1) is 12.0. The Morgan fingerprint density at radius 2 is 2.12 bits per heavy atom. The highest BCUT2D eigenvalue weighted by molar-refractivity contribution is 8.02. The number of hydrogen-bond acceptors (Lipinski definition) is 7. The van der Waals surface area contributed by atoms with E-state index in [-0.39, 0.29) is 22.7 Å². The Hall–Kier alpha value is -2.58. The fraction of sp³-hybridized carbons (Fsp3) is 0.118. The molecule has 3 aromatic rings. The number of benzene rings is 2. The summed E-state index contributed by atoms with van der Waals surface area (Å²) in [5.74, 6) is -0.423. The van der Waals surface area contributed by atoms with Gasteiger partial charge < -0.3 is 10.2 Å². The minimum Gasteiger partial charge on any atom is -0.508 e. The smallest absolute Gasteiger partial charge is 0.253 e. The number of nitrogens with one attached hydrogen (secondary N) is 1. The summed E-state index contributed by atoms with van der Waals surface area (Å²) in [5, 5.41) is 22.4. The second-order valence-electron chi connectivity index (χ2n) is 5.18. The highest BCUT2D eigenvalue weighted by atomic mass is 32.2. The maximum atomic E-state index is 12.1. The number of carbonyl (C=O) groups is 1. The van der Waals surface area contributed by atoms with E-state index in [2.05, 4.69) is 15.5 Å². The molecular formula is C17H15N3O3S2. The number of phenols is 2. The zero-order valence-electron chi connectivity index (χ0n) is 13.2. The Morgan fingerprint density at radius 3 is 2.88 bits per heavy atom. The average molecular weight is 373 g/mol. The van der Waals surface area contributed by atoms with Crippen molar-refractivity contribution in [3.8, 4) is 11.5 Å². The molecule has 0 aliphatic rings. The van der Waals surface area contributed by atoms with Crippen LogP contribution in [0.5, 0.6) is 11.5 Å². The van der Waals surface area contributed by atoms with Gasteiger partial charge in [0.2, 0.25) is 0 Å². The van der Waals surface area contributed by atoms with Crippen LogP contribution >= 0.6 is 23.1 Å². The van der Waals surface area contributed by atoms with Gasteiger partial charge in [-0.1, -0.05) is 23.9 Å². The number of nitrogens with zero attached hydrogens (tertiary/aromatic N) is 2. The van der Waals surface area contributed by atoms with Gasteiger partial charge in [0.1, 0.15) is 11.5 Å². The van der Waals surface area contributed by atoms with Gasteiger partial charge in [-0.2, -0.15) is 5.10 Å². The summed E-state index contributed by atoms with van der Waals surface area (Å²) in [4.78, 5) is 16.6. The van der Waals surface area contributed by atoms with Gasteiger partial charge >= 0.3 is 0 Å². The van der Waals surface area contributed by atoms with Crippen molar-refractivity contribution in [3.63, 3.8) is 0 Å². The van der Waals surface area contributed by atoms with Gasteiger partial charge in [0.25, 0.3) is 5.91 Å². The lowest BCUT2D eigenvalue weighted by Crippen LogP contribution is -2.26. The number of thioether (sulfide) groups is 1. The van der Waals surface area contributed by atoms with Crippen molar-refractivity contribution >= 4 is 45.4 Å². The SMILES string of the molecule is CC(Sc1nc2ccccc2s1)C(=O)NN=Cc1ccc(O)cc1O. The molecule has 8 heteroatoms. The van der Waals surface area contributed by atoms with Gasteiger partial charge in [0, 0.05) is 11.6 Å². The zero-order valence-corrected chi connectivity index (χ0v) is 14.8. The molecule has 6 nitrogen and oxygen atoms in total. The van der Waals surface area contributed by atoms with Crippen LogP contribution in [0.2, 0.25) is 0 Å². The van der Waals surface area contributed by atoms with E-state index in [1.165, 1.54) is 36.2 Å². The van der Waals surface area contributed by atoms with Crippen molar-refractivity contribution in [2.75, 3.05) is 0 Å². The van der Waals surface area contributed by atoms with Crippen molar-refractivity contribution in [1.82, 2.24) is 10.4 Å². The minimum absolute atomic E-state index is 0.0421. The third kappa shape index (κ3) is 4.28. The maximum absolute atomic E-state index is 12.1. The van der Waals surface area contributed by atoms with E-state index in [9.17, 15) is 15.0 Å². The van der Waals surface area contributed by atoms with E-state index in [0.29, 0.717) is 5.56 Å². The van der Waals surface area contributed by atoms with Crippen LogP contribution in [-0.4, -0.2) is 32.6 Å². The topological polar surface area (TPSA) is 94.8 Å². The molecule has 3 rings (SSSR count). The molecule has 25 heavy (non-hydrogen) atoms. The molecule has 0 spiro atoms. The van der Waals surface area contributed by atoms with E-state index >= 15 is 0 Å². The summed E-state index contributed by atoms with van der Waals surface area (Å²) >= 11 is 2.91. The van der Waals surface area contributed by atoms with Gasteiger partial charge in [0.15, 0.2) is 4.34 Å². The summed E-state index contributed by atoms with van der Waals surface area (Å²) in [5.41, 5.74) is 3.75. The summed E-state index contributed by atoms with van der Waals surface area (Å²) < 4.78 is 1.91. The average Bonchev–Trinajstić information content (AvgIpc) is 2.98. The van der Waals surface area contributed by atoms with Crippen LogP contribution in [-0.2, 0) is 4.79 Å². The zero-order chi connectivity index (χ0) is 17.8. The predicted molar refractivity (Wildman–Crippen MR) is 100 cm³/mol. The van der Waals surface area contributed by atoms with Crippen LogP contribution in [0.3, 0.4) is 0 Å². The molecule has 1 atom stereocenters. The van der Waals surface area contributed by atoms with Gasteiger partial charge in [-0.25, -0.2) is 10.4 Å². The van der Waals surface area contributed by atoms with E-state index in [4.69, 9.17) is 0 Å². The Kier molecular flexibility index (Phi) is 5.20. The number of para-hydroxylation sites is 1. The van der Waals surface area contributed by atoms with Crippen molar-refractivity contribution in [1.29, 1.82) is 0 Å². The lowest BCUT2D eigenvalue weighted by molar-refractivity contribution is -0.120. The highest BCUT2D eigenvalue weighted by Crippen LogP contribution is 2.31. The summed E-state index contributed by atoms with van der Waals surface area (Å²) in [7, 11) is 0. The number of phenolic OH excluding ortho intramolecular Hbond substituents is 2. The van der Waals surface area contributed by atoms with E-state index < -0.39 is 0 Å². The monoisotopic (exact) mass is 373 g/mol. The Bertz CT molecular complexity index is 907. The first kappa shape index (κ1) is 17.2. The molecule has 0 fully saturated rings. The van der Waals surface area contributed by atoms with Crippen LogP contribution in [0, 0.1) is 0 Å². The molecule has 1 aromatic heterocycles. The largest absolute Gasteiger partial charge is 0.508 e. The van der Waals surface area contributed by atoms with Crippen LogP contribution in [0.15, 0.2) is 51.9 Å². The number of fused-ring (bicyclic) bond motifs is 1. The Morgan fingerprint density at radius 1 is 1.32 bits per heavy atom.